The van der Waals surface area contributed by atoms with Crippen molar-refractivity contribution < 1.29 is 31.1 Å². The van der Waals surface area contributed by atoms with Crippen LogP contribution in [0, 0.1) is 11.6 Å². The number of hydrogen-bond acceptors (Lipinski definition) is 7. The molecule has 0 bridgehead atoms. The van der Waals surface area contributed by atoms with Gasteiger partial charge in [0.1, 0.15) is 28.6 Å². The zero-order valence-corrected chi connectivity index (χ0v) is 18.3. The molecule has 7 nitrogen and oxygen atoms in total. The van der Waals surface area contributed by atoms with Gasteiger partial charge >= 0.3 is 0 Å². The third-order valence-electron chi connectivity index (χ3n) is 4.56. The molecule has 0 aliphatic rings. The Morgan fingerprint density at radius 1 is 1.19 bits per heavy atom. The highest BCUT2D eigenvalue weighted by atomic mass is 32.2. The van der Waals surface area contributed by atoms with Crippen LogP contribution in [0.5, 0.6) is 5.75 Å². The largest absolute Gasteiger partial charge is 0.497 e. The number of amides is 1. The lowest BCUT2D eigenvalue weighted by Gasteiger charge is -2.18. The van der Waals surface area contributed by atoms with E-state index in [1.54, 1.807) is 12.1 Å². The molecule has 0 spiro atoms. The van der Waals surface area contributed by atoms with E-state index < -0.39 is 33.1 Å². The molecule has 4 rings (SSSR count). The number of furan rings is 1. The van der Waals surface area contributed by atoms with Gasteiger partial charge in [0, 0.05) is 6.07 Å². The third kappa shape index (κ3) is 4.48. The van der Waals surface area contributed by atoms with Gasteiger partial charge in [0.25, 0.3) is 0 Å². The molecule has 32 heavy (non-hydrogen) atoms. The van der Waals surface area contributed by atoms with Crippen molar-refractivity contribution in [3.05, 3.63) is 72.2 Å². The Balaban J connectivity index is 1.68. The van der Waals surface area contributed by atoms with Crippen molar-refractivity contribution >= 4 is 42.4 Å². The van der Waals surface area contributed by atoms with Gasteiger partial charge in [0.2, 0.25) is 5.91 Å². The smallest absolute Gasteiger partial charge is 0.244 e. The number of fused-ring (bicyclic) bond motifs is 1. The number of carbonyl (C=O) groups excluding carboxylic acids is 1. The maximum absolute atomic E-state index is 14.1. The second-order valence-electron chi connectivity index (χ2n) is 6.72. The lowest BCUT2D eigenvalue weighted by molar-refractivity contribution is -0.116. The summed E-state index contributed by atoms with van der Waals surface area (Å²) in [5.74, 6) is -2.47. The third-order valence-corrected chi connectivity index (χ3v) is 7.20. The molecule has 2 aromatic carbocycles. The summed E-state index contributed by atoms with van der Waals surface area (Å²) in [7, 11) is -2.55. The number of nitrogens with zero attached hydrogens (tertiary/aromatic N) is 2. The number of halogens is 2. The molecule has 0 radical (unpaired) electrons. The summed E-state index contributed by atoms with van der Waals surface area (Å²) in [6, 6.07) is 10.6. The molecule has 166 valence electrons. The van der Waals surface area contributed by atoms with E-state index in [0.717, 1.165) is 22.3 Å². The summed E-state index contributed by atoms with van der Waals surface area (Å²) in [4.78, 5) is 18.2. The minimum atomic E-state index is -4.00. The van der Waals surface area contributed by atoms with Gasteiger partial charge in [-0.25, -0.2) is 22.2 Å². The van der Waals surface area contributed by atoms with Crippen molar-refractivity contribution in [2.75, 3.05) is 17.8 Å². The first kappa shape index (κ1) is 21.9. The first-order valence-electron chi connectivity index (χ1n) is 9.22. The summed E-state index contributed by atoms with van der Waals surface area (Å²) in [6.45, 7) is -0.131. The molecule has 0 aliphatic carbocycles. The van der Waals surface area contributed by atoms with E-state index in [2.05, 4.69) is 4.98 Å². The summed E-state index contributed by atoms with van der Waals surface area (Å²) in [5, 5.41) is 0.0239. The number of anilines is 1. The van der Waals surface area contributed by atoms with Crippen molar-refractivity contribution in [3.63, 3.8) is 0 Å². The van der Waals surface area contributed by atoms with E-state index in [4.69, 9.17) is 9.15 Å². The highest BCUT2D eigenvalue weighted by molar-refractivity contribution is 7.92. The molecule has 0 N–H and O–H groups in total. The van der Waals surface area contributed by atoms with Crippen LogP contribution in [0.25, 0.3) is 10.2 Å². The minimum absolute atomic E-state index is 0.0239. The highest BCUT2D eigenvalue weighted by Crippen LogP contribution is 2.32. The van der Waals surface area contributed by atoms with Crippen LogP contribution >= 0.6 is 11.3 Å². The highest BCUT2D eigenvalue weighted by Gasteiger charge is 2.28. The predicted octanol–water partition coefficient (Wildman–Crippen LogP) is 4.18. The maximum atomic E-state index is 14.1. The molecule has 1 amide bonds. The first-order valence-corrected chi connectivity index (χ1v) is 11.7. The second kappa shape index (κ2) is 8.67. The van der Waals surface area contributed by atoms with Gasteiger partial charge < -0.3 is 9.15 Å². The summed E-state index contributed by atoms with van der Waals surface area (Å²) in [5.41, 5.74) is -0.110. The van der Waals surface area contributed by atoms with Gasteiger partial charge in [-0.15, -0.1) is 0 Å². The van der Waals surface area contributed by atoms with Gasteiger partial charge in [-0.2, -0.15) is 0 Å². The van der Waals surface area contributed by atoms with Crippen LogP contribution in [-0.2, 0) is 21.2 Å². The summed E-state index contributed by atoms with van der Waals surface area (Å²) >= 11 is 0.872. The molecule has 2 aromatic heterocycles. The summed E-state index contributed by atoms with van der Waals surface area (Å²) in [6.07, 6.45) is 1.40. The van der Waals surface area contributed by atoms with Crippen LogP contribution in [0.2, 0.25) is 0 Å². The van der Waals surface area contributed by atoms with Crippen LogP contribution in [0.15, 0.2) is 64.1 Å². The Morgan fingerprint density at radius 2 is 1.94 bits per heavy atom. The van der Waals surface area contributed by atoms with Crippen molar-refractivity contribution in [2.24, 2.45) is 0 Å². The van der Waals surface area contributed by atoms with E-state index >= 15 is 0 Å². The number of benzene rings is 2. The lowest BCUT2D eigenvalue weighted by atomic mass is 10.3. The zero-order chi connectivity index (χ0) is 22.9. The molecule has 0 saturated heterocycles. The molecule has 2 heterocycles. The Kier molecular flexibility index (Phi) is 5.94. The predicted molar refractivity (Wildman–Crippen MR) is 114 cm³/mol. The molecule has 0 atom stereocenters. The fourth-order valence-corrected chi connectivity index (χ4v) is 5.21. The van der Waals surface area contributed by atoms with Crippen molar-refractivity contribution in [2.45, 2.75) is 11.4 Å². The number of rotatable bonds is 7. The van der Waals surface area contributed by atoms with Crippen molar-refractivity contribution in [3.8, 4) is 5.75 Å². The first-order chi connectivity index (χ1) is 15.3. The van der Waals surface area contributed by atoms with E-state index in [9.17, 15) is 22.0 Å². The molecule has 11 heteroatoms. The molecule has 0 saturated carbocycles. The van der Waals surface area contributed by atoms with Crippen molar-refractivity contribution in [1.29, 1.82) is 0 Å². The number of ether oxygens (including phenoxy) is 1. The van der Waals surface area contributed by atoms with Gasteiger partial charge in [-0.1, -0.05) is 11.3 Å². The Labute approximate surface area is 185 Å². The SMILES string of the molecule is COc1ccc(S(=O)(=O)CC(=O)N(Cc2ccco2)c2nc3c(F)cc(F)cc3s2)cc1. The van der Waals surface area contributed by atoms with Crippen LogP contribution in [0.3, 0.4) is 0 Å². The van der Waals surface area contributed by atoms with Crippen LogP contribution in [0.4, 0.5) is 13.9 Å². The average molecular weight is 478 g/mol. The van der Waals surface area contributed by atoms with Gasteiger partial charge in [-0.05, 0) is 42.5 Å². The van der Waals surface area contributed by atoms with E-state index in [1.807, 2.05) is 0 Å². The average Bonchev–Trinajstić information content (AvgIpc) is 3.41. The Morgan fingerprint density at radius 3 is 2.59 bits per heavy atom. The molecule has 0 aliphatic heterocycles. The second-order valence-corrected chi connectivity index (χ2v) is 9.72. The van der Waals surface area contributed by atoms with Crippen LogP contribution in [0.1, 0.15) is 5.76 Å². The minimum Gasteiger partial charge on any atom is -0.497 e. The summed E-state index contributed by atoms with van der Waals surface area (Å²) < 4.78 is 63.8. The molecule has 4 aromatic rings. The number of sulfone groups is 1. The molecular formula is C21H16F2N2O5S2. The molecule has 0 unspecified atom stereocenters. The molecular weight excluding hydrogens is 462 g/mol. The van der Waals surface area contributed by atoms with Crippen LogP contribution < -0.4 is 9.64 Å². The Bertz CT molecular complexity index is 1370. The standard InChI is InChI=1S/C21H16F2N2O5S2/c1-29-14-4-6-16(7-5-14)32(27,28)12-19(26)25(11-15-3-2-8-30-15)21-24-20-17(23)9-13(22)10-18(20)31-21/h2-10H,11-12H2,1H3. The van der Waals surface area contributed by atoms with E-state index in [-0.39, 0.29) is 26.8 Å². The van der Waals surface area contributed by atoms with Crippen molar-refractivity contribution in [1.82, 2.24) is 4.98 Å². The van der Waals surface area contributed by atoms with E-state index in [1.165, 1.54) is 37.6 Å². The zero-order valence-electron chi connectivity index (χ0n) is 16.6. The quantitative estimate of drug-likeness (QED) is 0.396. The fourth-order valence-electron chi connectivity index (χ4n) is 2.99. The number of thiazole rings is 1. The number of aromatic nitrogens is 1. The fraction of sp³-hybridized carbons (Fsp3) is 0.143. The lowest BCUT2D eigenvalue weighted by Crippen LogP contribution is -2.35. The maximum Gasteiger partial charge on any atom is 0.244 e. The number of carbonyl (C=O) groups is 1. The van der Waals surface area contributed by atoms with Gasteiger partial charge in [-0.3, -0.25) is 9.69 Å². The Hall–Kier alpha value is -3.31. The van der Waals surface area contributed by atoms with Gasteiger partial charge in [0.05, 0.1) is 29.5 Å². The van der Waals surface area contributed by atoms with E-state index in [0.29, 0.717) is 17.6 Å². The normalized spacial score (nSPS) is 11.6. The number of hydrogen-bond donors (Lipinski definition) is 0. The monoisotopic (exact) mass is 478 g/mol. The van der Waals surface area contributed by atoms with Gasteiger partial charge in [0.15, 0.2) is 20.8 Å². The van der Waals surface area contributed by atoms with Crippen LogP contribution in [-0.4, -0.2) is 32.2 Å². The topological polar surface area (TPSA) is 89.7 Å². The molecule has 0 fully saturated rings. The number of methoxy groups -OCH3 is 1.